The molecule has 2 bridgehead atoms. The second-order valence-corrected chi connectivity index (χ2v) is 9.35. The van der Waals surface area contributed by atoms with Crippen molar-refractivity contribution >= 4 is 0 Å². The van der Waals surface area contributed by atoms with Gasteiger partial charge in [0.15, 0.2) is 0 Å². The smallest absolute Gasteiger partial charge is 0.0865 e. The summed E-state index contributed by atoms with van der Waals surface area (Å²) < 4.78 is 0. The van der Waals surface area contributed by atoms with Crippen molar-refractivity contribution in [2.45, 2.75) is 91.1 Å². The fraction of sp³-hybridized carbons (Fsp3) is 0.680. The Hall–Kier alpha value is -1.26. The maximum atomic E-state index is 3.97. The van der Waals surface area contributed by atoms with Crippen molar-refractivity contribution in [2.75, 3.05) is 0 Å². The molecule has 0 aliphatic heterocycles. The molecule has 1 aromatic carbocycles. The van der Waals surface area contributed by atoms with Crippen LogP contribution >= 0.6 is 0 Å². The van der Waals surface area contributed by atoms with Crippen LogP contribution in [0.2, 0.25) is 0 Å². The van der Waals surface area contributed by atoms with Gasteiger partial charge in [0.1, 0.15) is 0 Å². The Balaban J connectivity index is 1.78. The van der Waals surface area contributed by atoms with Crippen molar-refractivity contribution in [3.8, 4) is 11.8 Å². The van der Waals surface area contributed by atoms with Gasteiger partial charge in [-0.3, -0.25) is 5.32 Å². The maximum Gasteiger partial charge on any atom is 0.0865 e. The van der Waals surface area contributed by atoms with E-state index in [1.165, 1.54) is 50.5 Å². The van der Waals surface area contributed by atoms with Crippen LogP contribution < -0.4 is 5.32 Å². The summed E-state index contributed by atoms with van der Waals surface area (Å²) in [5.41, 5.74) is 1.96. The minimum Gasteiger partial charge on any atom is -0.297 e. The lowest BCUT2D eigenvalue weighted by Gasteiger charge is -2.46. The summed E-state index contributed by atoms with van der Waals surface area (Å²) in [4.78, 5) is 0. The van der Waals surface area contributed by atoms with Gasteiger partial charge in [0.2, 0.25) is 0 Å². The molecule has 1 aromatic rings. The molecule has 1 heteroatoms. The highest BCUT2D eigenvalue weighted by atomic mass is 15.0. The normalized spacial score (nSPS) is 31.6. The number of nitrogens with one attached hydrogen (secondary N) is 1. The first-order valence-corrected chi connectivity index (χ1v) is 10.7. The lowest BCUT2D eigenvalue weighted by molar-refractivity contribution is 0.0864. The van der Waals surface area contributed by atoms with E-state index in [2.05, 4.69) is 75.2 Å². The van der Waals surface area contributed by atoms with Crippen molar-refractivity contribution in [1.82, 2.24) is 5.32 Å². The minimum absolute atomic E-state index is 0.0278. The number of hydrogen-bond donors (Lipinski definition) is 1. The zero-order valence-corrected chi connectivity index (χ0v) is 17.3. The van der Waals surface area contributed by atoms with E-state index >= 15 is 0 Å². The largest absolute Gasteiger partial charge is 0.297 e. The van der Waals surface area contributed by atoms with Gasteiger partial charge >= 0.3 is 0 Å². The molecule has 0 saturated heterocycles. The van der Waals surface area contributed by atoms with E-state index < -0.39 is 0 Å². The second kappa shape index (κ2) is 7.77. The Morgan fingerprint density at radius 1 is 1.08 bits per heavy atom. The summed E-state index contributed by atoms with van der Waals surface area (Å²) in [5.74, 6) is 8.20. The Bertz CT molecular complexity index is 650. The molecular weight excluding hydrogens is 314 g/mol. The van der Waals surface area contributed by atoms with Gasteiger partial charge < -0.3 is 0 Å². The molecule has 2 fully saturated rings. The van der Waals surface area contributed by atoms with E-state index in [9.17, 15) is 0 Å². The predicted molar refractivity (Wildman–Crippen MR) is 112 cm³/mol. The Morgan fingerprint density at radius 2 is 1.85 bits per heavy atom. The summed E-state index contributed by atoms with van der Waals surface area (Å²) >= 11 is 0. The molecule has 0 spiro atoms. The highest BCUT2D eigenvalue weighted by molar-refractivity contribution is 5.34. The summed E-state index contributed by atoms with van der Waals surface area (Å²) in [5, 5.41) is 3.97. The molecule has 3 rings (SSSR count). The van der Waals surface area contributed by atoms with Gasteiger partial charge in [-0.05, 0) is 42.6 Å². The van der Waals surface area contributed by atoms with Crippen LogP contribution in [0.1, 0.15) is 84.6 Å². The molecule has 0 aromatic heterocycles. The molecule has 0 radical (unpaired) electrons. The number of hydrogen-bond acceptors (Lipinski definition) is 1. The third-order valence-electron chi connectivity index (χ3n) is 7.82. The van der Waals surface area contributed by atoms with E-state index in [-0.39, 0.29) is 11.0 Å². The Morgan fingerprint density at radius 3 is 2.46 bits per heavy atom. The molecule has 2 saturated carbocycles. The van der Waals surface area contributed by atoms with E-state index in [1.54, 1.807) is 0 Å². The maximum absolute atomic E-state index is 3.97. The first kappa shape index (κ1) is 19.5. The molecule has 142 valence electrons. The van der Waals surface area contributed by atoms with Crippen LogP contribution in [0.3, 0.4) is 0 Å². The van der Waals surface area contributed by atoms with E-state index in [1.807, 2.05) is 0 Å². The topological polar surface area (TPSA) is 12.0 Å². The van der Waals surface area contributed by atoms with E-state index in [4.69, 9.17) is 0 Å². The molecule has 3 atom stereocenters. The second-order valence-electron chi connectivity index (χ2n) is 9.35. The molecule has 26 heavy (non-hydrogen) atoms. The molecular formula is C25H37N. The SMILES string of the molecule is CCCCCCC#C[C@@]1(NCc2ccccc2)C[C@H]2CC[C@]1(C)C2(C)C. The third kappa shape index (κ3) is 3.34. The molecule has 1 N–H and O–H groups in total. The summed E-state index contributed by atoms with van der Waals surface area (Å²) in [6, 6.07) is 10.8. The Labute approximate surface area is 161 Å². The van der Waals surface area contributed by atoms with Gasteiger partial charge in [0.25, 0.3) is 0 Å². The van der Waals surface area contributed by atoms with Crippen molar-refractivity contribution < 1.29 is 0 Å². The van der Waals surface area contributed by atoms with Crippen molar-refractivity contribution in [1.29, 1.82) is 0 Å². The summed E-state index contributed by atoms with van der Waals surface area (Å²) in [6.07, 6.45) is 10.1. The number of benzene rings is 1. The van der Waals surface area contributed by atoms with Crippen LogP contribution in [0.4, 0.5) is 0 Å². The average molecular weight is 352 g/mol. The molecule has 0 amide bonds. The molecule has 1 nitrogen and oxygen atoms in total. The summed E-state index contributed by atoms with van der Waals surface area (Å²) in [6.45, 7) is 10.7. The van der Waals surface area contributed by atoms with Gasteiger partial charge in [-0.1, -0.05) is 83.2 Å². The Kier molecular flexibility index (Phi) is 5.83. The predicted octanol–water partition coefficient (Wildman–Crippen LogP) is 6.34. The fourth-order valence-corrected chi connectivity index (χ4v) is 5.51. The van der Waals surface area contributed by atoms with Gasteiger partial charge in [-0.15, -0.1) is 5.92 Å². The van der Waals surface area contributed by atoms with Gasteiger partial charge in [0.05, 0.1) is 5.54 Å². The lowest BCUT2D eigenvalue weighted by atomic mass is 9.63. The van der Waals surface area contributed by atoms with Crippen molar-refractivity contribution in [2.24, 2.45) is 16.7 Å². The average Bonchev–Trinajstić information content (AvgIpc) is 2.96. The van der Waals surface area contributed by atoms with Crippen molar-refractivity contribution in [3.05, 3.63) is 35.9 Å². The van der Waals surface area contributed by atoms with Gasteiger partial charge in [-0.25, -0.2) is 0 Å². The van der Waals surface area contributed by atoms with Gasteiger partial charge in [0, 0.05) is 18.4 Å². The van der Waals surface area contributed by atoms with Crippen LogP contribution in [0.15, 0.2) is 30.3 Å². The molecule has 2 aliphatic rings. The summed E-state index contributed by atoms with van der Waals surface area (Å²) in [7, 11) is 0. The molecule has 0 unspecified atom stereocenters. The standard InChI is InChI=1S/C25H37N/c1-5-6-7-8-9-13-17-25(26-20-21-14-11-10-12-15-21)19-22-16-18-24(25,4)23(22,2)3/h10-12,14-15,22,26H,5-9,16,18-20H2,1-4H3/t22-,24-,25-/m1/s1. The highest BCUT2D eigenvalue weighted by Gasteiger charge is 2.68. The van der Waals surface area contributed by atoms with Crippen molar-refractivity contribution in [3.63, 3.8) is 0 Å². The molecule has 0 heterocycles. The quantitative estimate of drug-likeness (QED) is 0.447. The van der Waals surface area contributed by atoms with Crippen LogP contribution in [0.25, 0.3) is 0 Å². The zero-order valence-electron chi connectivity index (χ0n) is 17.3. The zero-order chi connectivity index (χ0) is 18.7. The number of unbranched alkanes of at least 4 members (excludes halogenated alkanes) is 4. The first-order valence-electron chi connectivity index (χ1n) is 10.7. The lowest BCUT2D eigenvalue weighted by Crippen LogP contribution is -2.56. The molecule has 2 aliphatic carbocycles. The van der Waals surface area contributed by atoms with Crippen LogP contribution in [-0.4, -0.2) is 5.54 Å². The number of rotatable bonds is 7. The fourth-order valence-electron chi connectivity index (χ4n) is 5.51. The van der Waals surface area contributed by atoms with E-state index in [0.29, 0.717) is 5.41 Å². The van der Waals surface area contributed by atoms with E-state index in [0.717, 1.165) is 18.9 Å². The number of fused-ring (bicyclic) bond motifs is 2. The van der Waals surface area contributed by atoms with Crippen LogP contribution in [-0.2, 0) is 6.54 Å². The minimum atomic E-state index is -0.0278. The van der Waals surface area contributed by atoms with Crippen LogP contribution in [0.5, 0.6) is 0 Å². The first-order chi connectivity index (χ1) is 12.5. The monoisotopic (exact) mass is 351 g/mol. The van der Waals surface area contributed by atoms with Gasteiger partial charge in [-0.2, -0.15) is 0 Å². The van der Waals surface area contributed by atoms with Crippen LogP contribution in [0, 0.1) is 28.6 Å². The highest BCUT2D eigenvalue weighted by Crippen LogP contribution is 2.69. The third-order valence-corrected chi connectivity index (χ3v) is 7.82.